The van der Waals surface area contributed by atoms with Crippen molar-refractivity contribution in [1.82, 2.24) is 0 Å². The van der Waals surface area contributed by atoms with E-state index in [1.807, 2.05) is 0 Å². The van der Waals surface area contributed by atoms with Crippen LogP contribution in [-0.2, 0) is 0 Å². The van der Waals surface area contributed by atoms with Gasteiger partial charge in [0.25, 0.3) is 0 Å². The highest BCUT2D eigenvalue weighted by Crippen LogP contribution is 2.35. The summed E-state index contributed by atoms with van der Waals surface area (Å²) in [6.07, 6.45) is 0. The van der Waals surface area contributed by atoms with Crippen molar-refractivity contribution in [2.75, 3.05) is 7.11 Å². The Kier molecular flexibility index (Phi) is 2.41. The van der Waals surface area contributed by atoms with Crippen LogP contribution in [-0.4, -0.2) is 23.1 Å². The lowest BCUT2D eigenvalue weighted by Crippen LogP contribution is -1.95. The first-order valence-corrected chi connectivity index (χ1v) is 3.67. The predicted molar refractivity (Wildman–Crippen MR) is 46.3 cm³/mol. The Bertz CT molecular complexity index is 344. The van der Waals surface area contributed by atoms with E-state index in [4.69, 9.17) is 4.74 Å². The van der Waals surface area contributed by atoms with Crippen LogP contribution in [0.3, 0.4) is 0 Å². The van der Waals surface area contributed by atoms with Crippen molar-refractivity contribution in [1.29, 1.82) is 0 Å². The van der Waals surface area contributed by atoms with Gasteiger partial charge < -0.3 is 14.9 Å². The highest BCUT2D eigenvalue weighted by Gasteiger charge is 2.16. The Morgan fingerprint density at radius 3 is 2.46 bits per heavy atom. The standard InChI is InChI=1S/C9H10O4/c1-5(10)8-6(11)3-4-7(13-2)9(8)12/h3-4,11-12H,1-2H3. The lowest BCUT2D eigenvalue weighted by Gasteiger charge is -2.07. The van der Waals surface area contributed by atoms with Crippen LogP contribution in [0, 0.1) is 0 Å². The maximum Gasteiger partial charge on any atom is 0.172 e. The summed E-state index contributed by atoms with van der Waals surface area (Å²) in [6.45, 7) is 1.26. The molecule has 1 aromatic rings. The summed E-state index contributed by atoms with van der Waals surface area (Å²) < 4.78 is 4.78. The van der Waals surface area contributed by atoms with Gasteiger partial charge in [0.05, 0.1) is 7.11 Å². The molecule has 0 aromatic heterocycles. The van der Waals surface area contributed by atoms with Gasteiger partial charge in [0.2, 0.25) is 0 Å². The van der Waals surface area contributed by atoms with Crippen molar-refractivity contribution >= 4 is 5.78 Å². The first kappa shape index (κ1) is 9.38. The number of aromatic hydroxyl groups is 2. The van der Waals surface area contributed by atoms with Gasteiger partial charge in [-0.1, -0.05) is 0 Å². The monoisotopic (exact) mass is 182 g/mol. The second-order valence-corrected chi connectivity index (χ2v) is 2.57. The molecule has 0 aliphatic rings. The highest BCUT2D eigenvalue weighted by molar-refractivity contribution is 6.00. The van der Waals surface area contributed by atoms with Crippen LogP contribution in [0.4, 0.5) is 0 Å². The average molecular weight is 182 g/mol. The van der Waals surface area contributed by atoms with Crippen molar-refractivity contribution in [3.05, 3.63) is 17.7 Å². The molecular weight excluding hydrogens is 172 g/mol. The predicted octanol–water partition coefficient (Wildman–Crippen LogP) is 1.31. The van der Waals surface area contributed by atoms with Crippen molar-refractivity contribution in [2.45, 2.75) is 6.92 Å². The second-order valence-electron chi connectivity index (χ2n) is 2.57. The van der Waals surface area contributed by atoms with Gasteiger partial charge in [-0.15, -0.1) is 0 Å². The molecule has 0 aliphatic carbocycles. The fourth-order valence-electron chi connectivity index (χ4n) is 1.07. The quantitative estimate of drug-likeness (QED) is 0.676. The summed E-state index contributed by atoms with van der Waals surface area (Å²) in [5, 5.41) is 18.7. The molecule has 0 unspecified atom stereocenters. The van der Waals surface area contributed by atoms with Crippen LogP contribution in [0.2, 0.25) is 0 Å². The molecule has 0 saturated carbocycles. The first-order chi connectivity index (χ1) is 6.07. The van der Waals surface area contributed by atoms with Gasteiger partial charge in [0, 0.05) is 0 Å². The van der Waals surface area contributed by atoms with E-state index in [1.54, 1.807) is 0 Å². The van der Waals surface area contributed by atoms with E-state index in [9.17, 15) is 15.0 Å². The normalized spacial score (nSPS) is 9.69. The van der Waals surface area contributed by atoms with E-state index < -0.39 is 5.78 Å². The van der Waals surface area contributed by atoms with Gasteiger partial charge in [-0.05, 0) is 19.1 Å². The van der Waals surface area contributed by atoms with E-state index in [0.717, 1.165) is 0 Å². The maximum absolute atomic E-state index is 11.0. The van der Waals surface area contributed by atoms with E-state index in [1.165, 1.54) is 26.2 Å². The van der Waals surface area contributed by atoms with E-state index in [-0.39, 0.29) is 22.8 Å². The molecule has 0 fully saturated rings. The molecule has 4 nitrogen and oxygen atoms in total. The fraction of sp³-hybridized carbons (Fsp3) is 0.222. The number of benzene rings is 1. The summed E-state index contributed by atoms with van der Waals surface area (Å²) in [7, 11) is 1.37. The molecule has 13 heavy (non-hydrogen) atoms. The highest BCUT2D eigenvalue weighted by atomic mass is 16.5. The number of phenols is 2. The molecule has 1 rings (SSSR count). The molecule has 0 spiro atoms. The molecule has 1 aromatic carbocycles. The number of ether oxygens (including phenoxy) is 1. The van der Waals surface area contributed by atoms with Crippen LogP contribution in [0.1, 0.15) is 17.3 Å². The van der Waals surface area contributed by atoms with E-state index in [0.29, 0.717) is 0 Å². The summed E-state index contributed by atoms with van der Waals surface area (Å²) >= 11 is 0. The average Bonchev–Trinajstić information content (AvgIpc) is 2.04. The minimum absolute atomic E-state index is 0.112. The lowest BCUT2D eigenvalue weighted by molar-refractivity contribution is 0.101. The number of hydrogen-bond acceptors (Lipinski definition) is 4. The molecule has 0 amide bonds. The second kappa shape index (κ2) is 3.35. The van der Waals surface area contributed by atoms with Gasteiger partial charge in [-0.3, -0.25) is 4.79 Å². The number of ketones is 1. The van der Waals surface area contributed by atoms with Crippen LogP contribution in [0.15, 0.2) is 12.1 Å². The van der Waals surface area contributed by atoms with Crippen molar-refractivity contribution in [3.8, 4) is 17.2 Å². The van der Waals surface area contributed by atoms with E-state index in [2.05, 4.69) is 0 Å². The van der Waals surface area contributed by atoms with Gasteiger partial charge >= 0.3 is 0 Å². The van der Waals surface area contributed by atoms with Crippen molar-refractivity contribution in [3.63, 3.8) is 0 Å². The smallest absolute Gasteiger partial charge is 0.172 e. The Labute approximate surface area is 75.4 Å². The van der Waals surface area contributed by atoms with Gasteiger partial charge in [-0.2, -0.15) is 0 Å². The first-order valence-electron chi connectivity index (χ1n) is 3.67. The summed E-state index contributed by atoms with van der Waals surface area (Å²) in [4.78, 5) is 11.0. The molecule has 70 valence electrons. The van der Waals surface area contributed by atoms with Gasteiger partial charge in [0.15, 0.2) is 17.3 Å². The topological polar surface area (TPSA) is 66.8 Å². The molecule has 0 aliphatic heterocycles. The Hall–Kier alpha value is -1.71. The minimum atomic E-state index is -0.408. The number of hydrogen-bond donors (Lipinski definition) is 2. The largest absolute Gasteiger partial charge is 0.507 e. The number of Topliss-reactive ketones (excluding diaryl/α,β-unsaturated/α-hetero) is 1. The molecular formula is C9H10O4. The molecule has 0 heterocycles. The third-order valence-electron chi connectivity index (χ3n) is 1.69. The number of carbonyl (C=O) groups excluding carboxylic acids is 1. The SMILES string of the molecule is COc1ccc(O)c(C(C)=O)c1O. The van der Waals surface area contributed by atoms with Crippen molar-refractivity contribution < 1.29 is 19.7 Å². The molecule has 0 bridgehead atoms. The summed E-state index contributed by atoms with van der Waals surface area (Å²) in [5.41, 5.74) is -0.112. The number of methoxy groups -OCH3 is 1. The molecule has 0 radical (unpaired) electrons. The summed E-state index contributed by atoms with van der Waals surface area (Å²) in [5.74, 6) is -0.808. The van der Waals surface area contributed by atoms with Gasteiger partial charge in [-0.25, -0.2) is 0 Å². The molecule has 0 saturated heterocycles. The number of rotatable bonds is 2. The van der Waals surface area contributed by atoms with Crippen LogP contribution in [0.25, 0.3) is 0 Å². The Morgan fingerprint density at radius 1 is 1.38 bits per heavy atom. The minimum Gasteiger partial charge on any atom is -0.507 e. The fourth-order valence-corrected chi connectivity index (χ4v) is 1.07. The molecule has 2 N–H and O–H groups in total. The van der Waals surface area contributed by atoms with Gasteiger partial charge in [0.1, 0.15) is 11.3 Å². The molecule has 0 atom stereocenters. The third kappa shape index (κ3) is 1.56. The number of carbonyl (C=O) groups is 1. The zero-order valence-electron chi connectivity index (χ0n) is 7.37. The Morgan fingerprint density at radius 2 is 2.00 bits per heavy atom. The van der Waals surface area contributed by atoms with Crippen LogP contribution >= 0.6 is 0 Å². The van der Waals surface area contributed by atoms with Crippen LogP contribution < -0.4 is 4.74 Å². The summed E-state index contributed by atoms with van der Waals surface area (Å²) in [6, 6.07) is 2.69. The number of phenolic OH excluding ortho intramolecular Hbond substituents is 2. The Balaban J connectivity index is 3.38. The zero-order valence-corrected chi connectivity index (χ0v) is 7.37. The van der Waals surface area contributed by atoms with Crippen molar-refractivity contribution in [2.24, 2.45) is 0 Å². The third-order valence-corrected chi connectivity index (χ3v) is 1.69. The van der Waals surface area contributed by atoms with E-state index >= 15 is 0 Å². The maximum atomic E-state index is 11.0. The van der Waals surface area contributed by atoms with Crippen LogP contribution in [0.5, 0.6) is 17.2 Å². The zero-order chi connectivity index (χ0) is 10.0. The molecule has 4 heteroatoms. The lowest BCUT2D eigenvalue weighted by atomic mass is 10.1.